The molecule has 3 rings (SSSR count). The molecule has 1 amide bonds. The van der Waals surface area contributed by atoms with Crippen molar-refractivity contribution in [2.24, 2.45) is 0 Å². The van der Waals surface area contributed by atoms with Crippen molar-refractivity contribution in [3.05, 3.63) is 35.7 Å². The number of ether oxygens (including phenoxy) is 3. The van der Waals surface area contributed by atoms with Gasteiger partial charge in [0.25, 0.3) is 0 Å². The van der Waals surface area contributed by atoms with E-state index in [0.29, 0.717) is 25.5 Å². The van der Waals surface area contributed by atoms with Gasteiger partial charge in [0.1, 0.15) is 12.2 Å². The molecule has 7 heteroatoms. The standard InChI is InChI=1S/C18H22N2O5/c1-17(2,3)25-16(22)20-9-7-18(8-10-20)11-24-14-12(18)5-6-13(19-14)15(21)23-4/h5-7,9H,8,10-11H2,1-4H3. The third-order valence-corrected chi connectivity index (χ3v) is 4.26. The first-order valence-electron chi connectivity index (χ1n) is 8.16. The van der Waals surface area contributed by atoms with Crippen LogP contribution in [-0.4, -0.2) is 47.8 Å². The lowest BCUT2D eigenvalue weighted by molar-refractivity contribution is 0.0311. The molecule has 25 heavy (non-hydrogen) atoms. The molecule has 0 saturated heterocycles. The molecule has 3 heterocycles. The molecule has 1 spiro atoms. The van der Waals surface area contributed by atoms with Crippen molar-refractivity contribution in [1.29, 1.82) is 0 Å². The summed E-state index contributed by atoms with van der Waals surface area (Å²) >= 11 is 0. The molecule has 1 aromatic rings. The van der Waals surface area contributed by atoms with Crippen molar-refractivity contribution in [1.82, 2.24) is 9.88 Å². The van der Waals surface area contributed by atoms with Crippen molar-refractivity contribution in [2.45, 2.75) is 38.2 Å². The summed E-state index contributed by atoms with van der Waals surface area (Å²) in [6.45, 7) is 6.47. The topological polar surface area (TPSA) is 78.0 Å². The Balaban J connectivity index is 1.80. The number of fused-ring (bicyclic) bond motifs is 2. The Morgan fingerprint density at radius 1 is 1.32 bits per heavy atom. The first-order valence-corrected chi connectivity index (χ1v) is 8.16. The van der Waals surface area contributed by atoms with E-state index in [0.717, 1.165) is 5.56 Å². The molecule has 0 bridgehead atoms. The maximum Gasteiger partial charge on any atom is 0.414 e. The average molecular weight is 346 g/mol. The summed E-state index contributed by atoms with van der Waals surface area (Å²) in [4.78, 5) is 29.6. The van der Waals surface area contributed by atoms with Gasteiger partial charge in [-0.2, -0.15) is 0 Å². The number of nitrogens with zero attached hydrogens (tertiary/aromatic N) is 2. The zero-order valence-corrected chi connectivity index (χ0v) is 14.9. The summed E-state index contributed by atoms with van der Waals surface area (Å²) in [7, 11) is 1.31. The number of hydrogen-bond acceptors (Lipinski definition) is 6. The Kier molecular flexibility index (Phi) is 4.18. The van der Waals surface area contributed by atoms with Gasteiger partial charge in [-0.15, -0.1) is 0 Å². The third-order valence-electron chi connectivity index (χ3n) is 4.26. The van der Waals surface area contributed by atoms with Gasteiger partial charge < -0.3 is 14.2 Å². The molecule has 0 fully saturated rings. The van der Waals surface area contributed by atoms with Crippen LogP contribution in [0.3, 0.4) is 0 Å². The quantitative estimate of drug-likeness (QED) is 0.728. The van der Waals surface area contributed by atoms with Crippen molar-refractivity contribution in [2.75, 3.05) is 20.3 Å². The molecule has 0 saturated carbocycles. The smallest absolute Gasteiger partial charge is 0.414 e. The number of methoxy groups -OCH3 is 1. The van der Waals surface area contributed by atoms with Crippen molar-refractivity contribution >= 4 is 12.1 Å². The molecule has 0 aliphatic carbocycles. The molecular formula is C18H22N2O5. The number of aromatic nitrogens is 1. The van der Waals surface area contributed by atoms with Crippen molar-refractivity contribution in [3.63, 3.8) is 0 Å². The molecular weight excluding hydrogens is 324 g/mol. The Bertz CT molecular complexity index is 737. The lowest BCUT2D eigenvalue weighted by Gasteiger charge is -2.33. The maximum atomic E-state index is 12.2. The second-order valence-electron chi connectivity index (χ2n) is 7.23. The van der Waals surface area contributed by atoms with Gasteiger partial charge in [0, 0.05) is 18.3 Å². The van der Waals surface area contributed by atoms with Gasteiger partial charge in [-0.05, 0) is 33.3 Å². The second-order valence-corrected chi connectivity index (χ2v) is 7.23. The number of carbonyl (C=O) groups excluding carboxylic acids is 2. The highest BCUT2D eigenvalue weighted by Crippen LogP contribution is 2.43. The van der Waals surface area contributed by atoms with Crippen LogP contribution in [0, 0.1) is 0 Å². The Morgan fingerprint density at radius 3 is 2.68 bits per heavy atom. The van der Waals surface area contributed by atoms with E-state index in [-0.39, 0.29) is 17.2 Å². The fraction of sp³-hybridized carbons (Fsp3) is 0.500. The van der Waals surface area contributed by atoms with E-state index in [9.17, 15) is 9.59 Å². The summed E-state index contributed by atoms with van der Waals surface area (Å²) in [5.74, 6) is -0.0547. The van der Waals surface area contributed by atoms with Crippen LogP contribution in [-0.2, 0) is 14.9 Å². The molecule has 134 valence electrons. The van der Waals surface area contributed by atoms with Gasteiger partial charge in [0.15, 0.2) is 5.69 Å². The first-order chi connectivity index (χ1) is 11.7. The lowest BCUT2D eigenvalue weighted by Crippen LogP contribution is -2.41. The molecule has 1 aromatic heterocycles. The minimum absolute atomic E-state index is 0.216. The molecule has 0 aromatic carbocycles. The van der Waals surface area contributed by atoms with E-state index >= 15 is 0 Å². The highest BCUT2D eigenvalue weighted by Gasteiger charge is 2.42. The number of rotatable bonds is 1. The van der Waals surface area contributed by atoms with Gasteiger partial charge in [-0.1, -0.05) is 12.1 Å². The van der Waals surface area contributed by atoms with Crippen LogP contribution in [0.2, 0.25) is 0 Å². The SMILES string of the molecule is COC(=O)c1ccc2c(n1)OCC21C=CN(C(=O)OC(C)(C)C)CC1. The zero-order valence-electron chi connectivity index (χ0n) is 14.9. The van der Waals surface area contributed by atoms with E-state index in [1.807, 2.05) is 32.9 Å². The van der Waals surface area contributed by atoms with E-state index in [4.69, 9.17) is 9.47 Å². The van der Waals surface area contributed by atoms with Crippen LogP contribution in [0.1, 0.15) is 43.2 Å². The van der Waals surface area contributed by atoms with Crippen LogP contribution in [0.25, 0.3) is 0 Å². The van der Waals surface area contributed by atoms with Gasteiger partial charge >= 0.3 is 12.1 Å². The third kappa shape index (κ3) is 3.31. The largest absolute Gasteiger partial charge is 0.476 e. The monoisotopic (exact) mass is 346 g/mol. The van der Waals surface area contributed by atoms with Gasteiger partial charge in [0.05, 0.1) is 12.5 Å². The average Bonchev–Trinajstić information content (AvgIpc) is 2.91. The molecule has 0 radical (unpaired) electrons. The number of carbonyl (C=O) groups is 2. The molecule has 0 N–H and O–H groups in total. The summed E-state index contributed by atoms with van der Waals surface area (Å²) in [6.07, 6.45) is 4.02. The summed E-state index contributed by atoms with van der Waals surface area (Å²) in [5.41, 5.74) is 0.265. The minimum Gasteiger partial charge on any atom is -0.476 e. The van der Waals surface area contributed by atoms with E-state index in [2.05, 4.69) is 9.72 Å². The Labute approximate surface area is 146 Å². The summed E-state index contributed by atoms with van der Waals surface area (Å²) in [5, 5.41) is 0. The van der Waals surface area contributed by atoms with Crippen LogP contribution in [0.15, 0.2) is 24.4 Å². The fourth-order valence-corrected chi connectivity index (χ4v) is 2.95. The van der Waals surface area contributed by atoms with Crippen molar-refractivity contribution < 1.29 is 23.8 Å². The van der Waals surface area contributed by atoms with Crippen LogP contribution >= 0.6 is 0 Å². The number of hydrogen-bond donors (Lipinski definition) is 0. The number of amides is 1. The molecule has 1 atom stereocenters. The normalized spacial score (nSPS) is 21.7. The van der Waals surface area contributed by atoms with E-state index < -0.39 is 11.6 Å². The van der Waals surface area contributed by atoms with Crippen LogP contribution in [0.4, 0.5) is 4.79 Å². The zero-order chi connectivity index (χ0) is 18.2. The predicted molar refractivity (Wildman–Crippen MR) is 89.4 cm³/mol. The summed E-state index contributed by atoms with van der Waals surface area (Å²) in [6, 6.07) is 3.48. The Hall–Kier alpha value is -2.57. The number of pyridine rings is 1. The Morgan fingerprint density at radius 2 is 2.08 bits per heavy atom. The molecule has 7 nitrogen and oxygen atoms in total. The number of esters is 1. The van der Waals surface area contributed by atoms with Gasteiger partial charge in [-0.25, -0.2) is 14.6 Å². The second kappa shape index (κ2) is 6.06. The van der Waals surface area contributed by atoms with Crippen LogP contribution < -0.4 is 4.74 Å². The lowest BCUT2D eigenvalue weighted by atomic mass is 9.78. The highest BCUT2D eigenvalue weighted by molar-refractivity contribution is 5.87. The van der Waals surface area contributed by atoms with Gasteiger partial charge in [0.2, 0.25) is 5.88 Å². The maximum absolute atomic E-state index is 12.2. The summed E-state index contributed by atoms with van der Waals surface area (Å²) < 4.78 is 15.8. The highest BCUT2D eigenvalue weighted by atomic mass is 16.6. The minimum atomic E-state index is -0.530. The first kappa shape index (κ1) is 17.3. The van der Waals surface area contributed by atoms with Gasteiger partial charge in [-0.3, -0.25) is 4.90 Å². The van der Waals surface area contributed by atoms with E-state index in [1.165, 1.54) is 7.11 Å². The molecule has 2 aliphatic rings. The molecule has 2 aliphatic heterocycles. The van der Waals surface area contributed by atoms with E-state index in [1.54, 1.807) is 17.2 Å². The molecule has 1 unspecified atom stereocenters. The van der Waals surface area contributed by atoms with Crippen molar-refractivity contribution in [3.8, 4) is 5.88 Å². The fourth-order valence-electron chi connectivity index (χ4n) is 2.95. The van der Waals surface area contributed by atoms with Crippen LogP contribution in [0.5, 0.6) is 5.88 Å². The predicted octanol–water partition coefficient (Wildman–Crippen LogP) is 2.65.